The summed E-state index contributed by atoms with van der Waals surface area (Å²) in [5.41, 5.74) is 1.18. The Morgan fingerprint density at radius 2 is 1.84 bits per heavy atom. The molecule has 170 valence electrons. The maximum Gasteiger partial charge on any atom is 0.223 e. The lowest BCUT2D eigenvalue weighted by Gasteiger charge is -2.30. The molecule has 9 heteroatoms. The minimum Gasteiger partial charge on any atom is -0.343 e. The molecule has 0 spiro atoms. The fraction of sp³-hybridized carbons (Fsp3) is 0.391. The number of thiazole rings is 1. The van der Waals surface area contributed by atoms with Gasteiger partial charge in [-0.05, 0) is 54.8 Å². The van der Waals surface area contributed by atoms with Crippen LogP contribution in [0.25, 0.3) is 10.8 Å². The average molecular weight is 492 g/mol. The second kappa shape index (κ2) is 9.37. The topological polar surface area (TPSA) is 71.7 Å². The van der Waals surface area contributed by atoms with E-state index in [0.717, 1.165) is 28.4 Å². The standard InChI is InChI=1S/C23H26ClN3O3S2/c1-16-15-31-23(26(16)2)25-20-7-10-27(11-8-20)22(28)9-12-32(29,30)21-6-4-17-13-19(24)5-3-18(17)14-21/h3-6,13-15,20H,7-12H2,1-2H3. The predicted octanol–water partition coefficient (Wildman–Crippen LogP) is 3.96. The molecule has 0 aliphatic carbocycles. The van der Waals surface area contributed by atoms with Gasteiger partial charge in [0.15, 0.2) is 14.6 Å². The molecule has 1 amide bonds. The number of piperidine rings is 1. The zero-order valence-corrected chi connectivity index (χ0v) is 20.5. The van der Waals surface area contributed by atoms with Crippen molar-refractivity contribution in [3.63, 3.8) is 0 Å². The molecule has 0 bridgehead atoms. The SMILES string of the molecule is Cc1csc(=NC2CCN(C(=O)CCS(=O)(=O)c3ccc4cc(Cl)ccc4c3)CC2)n1C. The summed E-state index contributed by atoms with van der Waals surface area (Å²) in [6.45, 7) is 3.27. The number of nitrogens with zero attached hydrogens (tertiary/aromatic N) is 3. The van der Waals surface area contributed by atoms with E-state index in [1.54, 1.807) is 52.6 Å². The van der Waals surface area contributed by atoms with Gasteiger partial charge in [-0.25, -0.2) is 8.42 Å². The van der Waals surface area contributed by atoms with Gasteiger partial charge in [-0.2, -0.15) is 0 Å². The molecule has 0 saturated carbocycles. The van der Waals surface area contributed by atoms with Crippen molar-refractivity contribution in [2.24, 2.45) is 12.0 Å². The van der Waals surface area contributed by atoms with Crippen molar-refractivity contribution >= 4 is 49.5 Å². The normalized spacial score (nSPS) is 16.1. The van der Waals surface area contributed by atoms with Gasteiger partial charge in [-0.3, -0.25) is 9.79 Å². The molecule has 1 aliphatic heterocycles. The van der Waals surface area contributed by atoms with E-state index in [2.05, 4.69) is 16.9 Å². The van der Waals surface area contributed by atoms with E-state index in [9.17, 15) is 13.2 Å². The fourth-order valence-corrected chi connectivity index (χ4v) is 6.24. The number of halogens is 1. The van der Waals surface area contributed by atoms with Gasteiger partial charge in [-0.1, -0.05) is 23.7 Å². The average Bonchev–Trinajstić information content (AvgIpc) is 3.09. The Morgan fingerprint density at radius 1 is 1.16 bits per heavy atom. The minimum absolute atomic E-state index is 0.0120. The molecule has 1 saturated heterocycles. The lowest BCUT2D eigenvalue weighted by atomic mass is 10.1. The molecule has 0 atom stereocenters. The quantitative estimate of drug-likeness (QED) is 0.542. The van der Waals surface area contributed by atoms with E-state index in [4.69, 9.17) is 16.6 Å². The van der Waals surface area contributed by atoms with Gasteiger partial charge >= 0.3 is 0 Å². The number of aryl methyl sites for hydroxylation is 1. The van der Waals surface area contributed by atoms with Gasteiger partial charge in [0.1, 0.15) is 0 Å². The van der Waals surface area contributed by atoms with Crippen LogP contribution in [0.1, 0.15) is 25.0 Å². The van der Waals surface area contributed by atoms with Crippen molar-refractivity contribution in [1.29, 1.82) is 0 Å². The highest BCUT2D eigenvalue weighted by Gasteiger charge is 2.24. The van der Waals surface area contributed by atoms with E-state index in [-0.39, 0.29) is 29.0 Å². The van der Waals surface area contributed by atoms with E-state index in [1.807, 2.05) is 7.05 Å². The molecular formula is C23H26ClN3O3S2. The summed E-state index contributed by atoms with van der Waals surface area (Å²) in [7, 11) is -1.54. The molecule has 2 heterocycles. The molecule has 32 heavy (non-hydrogen) atoms. The summed E-state index contributed by atoms with van der Waals surface area (Å²) >= 11 is 7.63. The second-order valence-corrected chi connectivity index (χ2v) is 11.6. The lowest BCUT2D eigenvalue weighted by Crippen LogP contribution is -2.40. The Hall–Kier alpha value is -2.16. The lowest BCUT2D eigenvalue weighted by molar-refractivity contribution is -0.131. The van der Waals surface area contributed by atoms with Crippen LogP contribution in [-0.2, 0) is 21.7 Å². The largest absolute Gasteiger partial charge is 0.343 e. The number of fused-ring (bicyclic) bond motifs is 1. The van der Waals surface area contributed by atoms with E-state index in [0.29, 0.717) is 18.1 Å². The highest BCUT2D eigenvalue weighted by molar-refractivity contribution is 7.91. The first kappa shape index (κ1) is 23.0. The van der Waals surface area contributed by atoms with Crippen LogP contribution >= 0.6 is 22.9 Å². The molecule has 0 radical (unpaired) electrons. The zero-order chi connectivity index (χ0) is 22.9. The van der Waals surface area contributed by atoms with Crippen LogP contribution in [0.4, 0.5) is 0 Å². The molecule has 1 aliphatic rings. The van der Waals surface area contributed by atoms with Crippen LogP contribution in [0, 0.1) is 6.92 Å². The molecule has 0 unspecified atom stereocenters. The third-order valence-electron chi connectivity index (χ3n) is 5.98. The first-order chi connectivity index (χ1) is 15.2. The Balaban J connectivity index is 1.35. The van der Waals surface area contributed by atoms with Gasteiger partial charge in [0, 0.05) is 42.7 Å². The highest BCUT2D eigenvalue weighted by Crippen LogP contribution is 2.24. The fourth-order valence-electron chi connectivity index (χ4n) is 3.85. The van der Waals surface area contributed by atoms with Crippen molar-refractivity contribution in [3.05, 3.63) is 57.3 Å². The van der Waals surface area contributed by atoms with Gasteiger partial charge in [-0.15, -0.1) is 11.3 Å². The van der Waals surface area contributed by atoms with Crippen LogP contribution in [0.2, 0.25) is 5.02 Å². The molecule has 3 aromatic rings. The second-order valence-electron chi connectivity index (χ2n) is 8.18. The van der Waals surface area contributed by atoms with Crippen LogP contribution in [0.15, 0.2) is 51.7 Å². The number of benzene rings is 2. The molecule has 1 fully saturated rings. The Kier molecular flexibility index (Phi) is 6.74. The maximum absolute atomic E-state index is 12.8. The van der Waals surface area contributed by atoms with Crippen LogP contribution in [-0.4, -0.2) is 48.7 Å². The number of hydrogen-bond acceptors (Lipinski definition) is 5. The Bertz CT molecular complexity index is 1320. The number of carbonyl (C=O) groups excluding carboxylic acids is 1. The summed E-state index contributed by atoms with van der Waals surface area (Å²) in [4.78, 5) is 20.5. The van der Waals surface area contributed by atoms with Crippen molar-refractivity contribution in [2.75, 3.05) is 18.8 Å². The molecular weight excluding hydrogens is 466 g/mol. The summed E-state index contributed by atoms with van der Waals surface area (Å²) in [6.07, 6.45) is 1.58. The summed E-state index contributed by atoms with van der Waals surface area (Å²) in [6, 6.07) is 10.5. The van der Waals surface area contributed by atoms with E-state index < -0.39 is 9.84 Å². The number of amides is 1. The summed E-state index contributed by atoms with van der Waals surface area (Å²) in [5, 5.41) is 4.38. The van der Waals surface area contributed by atoms with Crippen molar-refractivity contribution in [1.82, 2.24) is 9.47 Å². The van der Waals surface area contributed by atoms with Crippen LogP contribution in [0.3, 0.4) is 0 Å². The van der Waals surface area contributed by atoms with Crippen molar-refractivity contribution < 1.29 is 13.2 Å². The summed E-state index contributed by atoms with van der Waals surface area (Å²) < 4.78 is 27.7. The number of likely N-dealkylation sites (tertiary alicyclic amines) is 1. The number of aromatic nitrogens is 1. The van der Waals surface area contributed by atoms with Crippen molar-refractivity contribution in [3.8, 4) is 0 Å². The number of hydrogen-bond donors (Lipinski definition) is 0. The third kappa shape index (κ3) is 5.08. The molecule has 2 aromatic carbocycles. The third-order valence-corrected chi connectivity index (χ3v) is 8.98. The maximum atomic E-state index is 12.8. The van der Waals surface area contributed by atoms with E-state index in [1.165, 1.54) is 5.69 Å². The van der Waals surface area contributed by atoms with Crippen LogP contribution < -0.4 is 4.80 Å². The monoisotopic (exact) mass is 491 g/mol. The van der Waals surface area contributed by atoms with Gasteiger partial charge < -0.3 is 9.47 Å². The van der Waals surface area contributed by atoms with Crippen LogP contribution in [0.5, 0.6) is 0 Å². The van der Waals surface area contributed by atoms with E-state index >= 15 is 0 Å². The Morgan fingerprint density at radius 3 is 2.53 bits per heavy atom. The highest BCUT2D eigenvalue weighted by atomic mass is 35.5. The van der Waals surface area contributed by atoms with Gasteiger partial charge in [0.25, 0.3) is 0 Å². The number of rotatable bonds is 5. The first-order valence-electron chi connectivity index (χ1n) is 10.6. The molecule has 4 rings (SSSR count). The smallest absolute Gasteiger partial charge is 0.223 e. The first-order valence-corrected chi connectivity index (χ1v) is 13.5. The molecule has 0 N–H and O–H groups in total. The number of sulfone groups is 1. The molecule has 6 nitrogen and oxygen atoms in total. The van der Waals surface area contributed by atoms with Gasteiger partial charge in [0.05, 0.1) is 16.7 Å². The predicted molar refractivity (Wildman–Crippen MR) is 129 cm³/mol. The van der Waals surface area contributed by atoms with Crippen molar-refractivity contribution in [2.45, 2.75) is 37.1 Å². The van der Waals surface area contributed by atoms with Gasteiger partial charge in [0.2, 0.25) is 5.91 Å². The zero-order valence-electron chi connectivity index (χ0n) is 18.1. The minimum atomic E-state index is -3.55. The number of carbonyl (C=O) groups is 1. The Labute approximate surface area is 197 Å². The molecule has 1 aromatic heterocycles. The summed E-state index contributed by atoms with van der Waals surface area (Å²) in [5.74, 6) is -0.309.